The number of nitrogens with zero attached hydrogens (tertiary/aromatic N) is 2. The van der Waals surface area contributed by atoms with Crippen molar-refractivity contribution in [3.05, 3.63) is 50.0 Å². The van der Waals surface area contributed by atoms with Gasteiger partial charge < -0.3 is 5.73 Å². The number of nitrogen functional groups attached to an aromatic ring is 1. The second-order valence-corrected chi connectivity index (χ2v) is 7.06. The molecule has 0 fully saturated rings. The summed E-state index contributed by atoms with van der Waals surface area (Å²) < 4.78 is 0.991. The zero-order chi connectivity index (χ0) is 15.6. The molecular weight excluding hydrogens is 373 g/mol. The number of halogens is 1. The van der Waals surface area contributed by atoms with Crippen LogP contribution in [-0.4, -0.2) is 9.97 Å². The zero-order valence-corrected chi connectivity index (χ0v) is 15.2. The van der Waals surface area contributed by atoms with Gasteiger partial charge >= 0.3 is 0 Å². The Bertz CT molecular complexity index is 651. The highest BCUT2D eigenvalue weighted by molar-refractivity contribution is 14.1. The Balaban J connectivity index is 2.31. The van der Waals surface area contributed by atoms with E-state index in [1.807, 2.05) is 0 Å². The van der Waals surface area contributed by atoms with Crippen LogP contribution in [0.25, 0.3) is 0 Å². The minimum atomic E-state index is 0.558. The number of hydrogen-bond donors (Lipinski definition) is 1. The number of benzene rings is 1. The van der Waals surface area contributed by atoms with Crippen LogP contribution in [0.2, 0.25) is 0 Å². The summed E-state index contributed by atoms with van der Waals surface area (Å²) in [5.74, 6) is 1.97. The fraction of sp³-hybridized carbons (Fsp3) is 0.412. The van der Waals surface area contributed by atoms with Crippen molar-refractivity contribution in [3.63, 3.8) is 0 Å². The third-order valence-electron chi connectivity index (χ3n) is 3.53. The first-order chi connectivity index (χ1) is 9.86. The Morgan fingerprint density at radius 3 is 2.48 bits per heavy atom. The Kier molecular flexibility index (Phi) is 5.19. The van der Waals surface area contributed by atoms with Gasteiger partial charge in [0.15, 0.2) is 0 Å². The van der Waals surface area contributed by atoms with Crippen LogP contribution in [0.3, 0.4) is 0 Å². The largest absolute Gasteiger partial charge is 0.383 e. The highest BCUT2D eigenvalue weighted by Gasteiger charge is 2.12. The molecule has 4 heteroatoms. The highest BCUT2D eigenvalue weighted by atomic mass is 127. The number of aromatic nitrogens is 2. The van der Waals surface area contributed by atoms with Gasteiger partial charge in [-0.1, -0.05) is 32.0 Å². The number of nitrogens with two attached hydrogens (primary N) is 1. The number of anilines is 1. The second kappa shape index (κ2) is 6.73. The lowest BCUT2D eigenvalue weighted by atomic mass is 10.0. The van der Waals surface area contributed by atoms with Crippen LogP contribution in [0.5, 0.6) is 0 Å². The number of aryl methyl sites for hydroxylation is 2. The van der Waals surface area contributed by atoms with E-state index in [0.29, 0.717) is 11.7 Å². The minimum absolute atomic E-state index is 0.558. The molecule has 0 saturated heterocycles. The maximum absolute atomic E-state index is 6.05. The zero-order valence-electron chi connectivity index (χ0n) is 13.1. The predicted molar refractivity (Wildman–Crippen MR) is 96.4 cm³/mol. The summed E-state index contributed by atoms with van der Waals surface area (Å²) in [6.45, 7) is 8.64. The smallest absolute Gasteiger partial charge is 0.140 e. The lowest BCUT2D eigenvalue weighted by Crippen LogP contribution is -2.10. The van der Waals surface area contributed by atoms with E-state index in [-0.39, 0.29) is 0 Å². The normalized spacial score (nSPS) is 11.1. The lowest BCUT2D eigenvalue weighted by Gasteiger charge is -2.11. The molecule has 0 saturated carbocycles. The van der Waals surface area contributed by atoms with E-state index in [9.17, 15) is 0 Å². The van der Waals surface area contributed by atoms with Gasteiger partial charge in [0.1, 0.15) is 11.6 Å². The molecule has 112 valence electrons. The Morgan fingerprint density at radius 2 is 1.86 bits per heavy atom. The van der Waals surface area contributed by atoms with Crippen molar-refractivity contribution in [2.45, 2.75) is 40.5 Å². The SMILES string of the molecule is Cc1ccc(Cc2nc(N)c(I)c(CC(C)C)n2)cc1C. The van der Waals surface area contributed by atoms with E-state index in [1.165, 1.54) is 16.7 Å². The molecule has 0 amide bonds. The van der Waals surface area contributed by atoms with Gasteiger partial charge in [0, 0.05) is 6.42 Å². The van der Waals surface area contributed by atoms with Gasteiger partial charge in [-0.25, -0.2) is 9.97 Å². The topological polar surface area (TPSA) is 51.8 Å². The molecule has 0 bridgehead atoms. The molecule has 0 unspecified atom stereocenters. The summed E-state index contributed by atoms with van der Waals surface area (Å²) in [5.41, 5.74) is 11.0. The second-order valence-electron chi connectivity index (χ2n) is 5.98. The average molecular weight is 395 g/mol. The van der Waals surface area contributed by atoms with Gasteiger partial charge in [-0.2, -0.15) is 0 Å². The first kappa shape index (κ1) is 16.2. The molecule has 0 aliphatic rings. The Morgan fingerprint density at radius 1 is 1.14 bits per heavy atom. The third kappa shape index (κ3) is 4.15. The maximum Gasteiger partial charge on any atom is 0.140 e. The van der Waals surface area contributed by atoms with E-state index in [0.717, 1.165) is 27.9 Å². The quantitative estimate of drug-likeness (QED) is 0.795. The van der Waals surface area contributed by atoms with E-state index < -0.39 is 0 Å². The molecular formula is C17H22IN3. The van der Waals surface area contributed by atoms with Gasteiger partial charge in [0.05, 0.1) is 9.26 Å². The molecule has 0 spiro atoms. The number of hydrogen-bond acceptors (Lipinski definition) is 3. The minimum Gasteiger partial charge on any atom is -0.383 e. The average Bonchev–Trinajstić information content (AvgIpc) is 2.39. The molecule has 2 N–H and O–H groups in total. The van der Waals surface area contributed by atoms with E-state index in [2.05, 4.69) is 73.5 Å². The molecule has 0 aliphatic heterocycles. The number of rotatable bonds is 4. The van der Waals surface area contributed by atoms with E-state index in [1.54, 1.807) is 0 Å². The van der Waals surface area contributed by atoms with Crippen molar-refractivity contribution in [2.75, 3.05) is 5.73 Å². The molecule has 1 aromatic carbocycles. The van der Waals surface area contributed by atoms with Crippen molar-refractivity contribution < 1.29 is 0 Å². The molecule has 2 aromatic rings. The molecule has 1 aromatic heterocycles. The van der Waals surface area contributed by atoms with Crippen molar-refractivity contribution in [1.29, 1.82) is 0 Å². The van der Waals surface area contributed by atoms with Crippen LogP contribution in [-0.2, 0) is 12.8 Å². The van der Waals surface area contributed by atoms with Crippen molar-refractivity contribution in [3.8, 4) is 0 Å². The first-order valence-corrected chi connectivity index (χ1v) is 8.31. The third-order valence-corrected chi connectivity index (χ3v) is 4.70. The predicted octanol–water partition coefficient (Wildman–Crippen LogP) is 4.07. The van der Waals surface area contributed by atoms with Gasteiger partial charge in [0.2, 0.25) is 0 Å². The van der Waals surface area contributed by atoms with Crippen LogP contribution in [0.15, 0.2) is 18.2 Å². The van der Waals surface area contributed by atoms with E-state index >= 15 is 0 Å². The van der Waals surface area contributed by atoms with E-state index in [4.69, 9.17) is 10.7 Å². The standard InChI is InChI=1S/C17H22IN3/c1-10(2)7-14-16(18)17(19)21-15(20-14)9-13-6-5-11(3)12(4)8-13/h5-6,8,10H,7,9H2,1-4H3,(H2,19,20,21). The molecule has 0 radical (unpaired) electrons. The first-order valence-electron chi connectivity index (χ1n) is 7.23. The van der Waals surface area contributed by atoms with Crippen molar-refractivity contribution in [1.82, 2.24) is 9.97 Å². The van der Waals surface area contributed by atoms with Crippen LogP contribution < -0.4 is 5.73 Å². The molecule has 1 heterocycles. The van der Waals surface area contributed by atoms with Gasteiger partial charge in [-0.05, 0) is 65.5 Å². The summed E-state index contributed by atoms with van der Waals surface area (Å²) >= 11 is 2.25. The molecule has 0 atom stereocenters. The van der Waals surface area contributed by atoms with Crippen LogP contribution in [0.4, 0.5) is 5.82 Å². The lowest BCUT2D eigenvalue weighted by molar-refractivity contribution is 0.629. The fourth-order valence-corrected chi connectivity index (χ4v) is 2.72. The summed E-state index contributed by atoms with van der Waals surface area (Å²) in [4.78, 5) is 9.17. The van der Waals surface area contributed by atoms with Gasteiger partial charge in [0.25, 0.3) is 0 Å². The molecule has 21 heavy (non-hydrogen) atoms. The Labute approximate surface area is 140 Å². The molecule has 0 aliphatic carbocycles. The van der Waals surface area contributed by atoms with Crippen LogP contribution in [0, 0.1) is 23.3 Å². The van der Waals surface area contributed by atoms with Crippen molar-refractivity contribution in [2.24, 2.45) is 5.92 Å². The summed E-state index contributed by atoms with van der Waals surface area (Å²) in [6.07, 6.45) is 1.66. The summed E-state index contributed by atoms with van der Waals surface area (Å²) in [7, 11) is 0. The molecule has 3 nitrogen and oxygen atoms in total. The Hall–Kier alpha value is -1.17. The van der Waals surface area contributed by atoms with Gasteiger partial charge in [-0.3, -0.25) is 0 Å². The van der Waals surface area contributed by atoms with Crippen molar-refractivity contribution >= 4 is 28.4 Å². The maximum atomic E-state index is 6.05. The monoisotopic (exact) mass is 395 g/mol. The summed E-state index contributed by atoms with van der Waals surface area (Å²) in [6, 6.07) is 6.49. The van der Waals surface area contributed by atoms with Crippen LogP contribution >= 0.6 is 22.6 Å². The highest BCUT2D eigenvalue weighted by Crippen LogP contribution is 2.21. The van der Waals surface area contributed by atoms with Crippen LogP contribution in [0.1, 0.15) is 42.1 Å². The molecule has 2 rings (SSSR count). The van der Waals surface area contributed by atoms with Gasteiger partial charge in [-0.15, -0.1) is 0 Å². The summed E-state index contributed by atoms with van der Waals surface area (Å²) in [5, 5.41) is 0. The fourth-order valence-electron chi connectivity index (χ4n) is 2.26.